The van der Waals surface area contributed by atoms with Gasteiger partial charge < -0.3 is 25.8 Å². The number of nitrogen functional groups attached to an aromatic ring is 1. The van der Waals surface area contributed by atoms with Crippen LogP contribution >= 0.6 is 11.6 Å². The number of nitrogens with zero attached hydrogens (tertiary/aromatic N) is 4. The number of fused-ring (bicyclic) bond motifs is 1. The molecule has 20 heavy (non-hydrogen) atoms. The standard InChI is InChI=1S/C10H12ClN5O4/c11-7-4-8(15-10(12)14-7)16(2-13-4)9-6(19)5(18)3(1-17)20-9/h2-3,5-6,9,17-19H,1H2,(H2,12,14,15)/t3-,5-,6-,9-/m0/s1. The van der Waals surface area contributed by atoms with Gasteiger partial charge in [-0.3, -0.25) is 4.57 Å². The summed E-state index contributed by atoms with van der Waals surface area (Å²) in [6.07, 6.45) is -2.93. The monoisotopic (exact) mass is 301 g/mol. The highest BCUT2D eigenvalue weighted by Gasteiger charge is 2.44. The molecule has 10 heteroatoms. The molecule has 3 rings (SSSR count). The molecule has 0 aliphatic carbocycles. The van der Waals surface area contributed by atoms with Crippen LogP contribution < -0.4 is 5.73 Å². The van der Waals surface area contributed by atoms with Crippen molar-refractivity contribution in [2.75, 3.05) is 12.3 Å². The van der Waals surface area contributed by atoms with Crippen LogP contribution in [0.5, 0.6) is 0 Å². The number of ether oxygens (including phenoxy) is 1. The van der Waals surface area contributed by atoms with Crippen molar-refractivity contribution in [2.24, 2.45) is 0 Å². The van der Waals surface area contributed by atoms with Crippen LogP contribution in [-0.4, -0.2) is 59.8 Å². The van der Waals surface area contributed by atoms with Gasteiger partial charge in [0.2, 0.25) is 5.95 Å². The van der Waals surface area contributed by atoms with Gasteiger partial charge in [0, 0.05) is 0 Å². The molecule has 0 aromatic carbocycles. The fourth-order valence-corrected chi connectivity index (χ4v) is 2.41. The van der Waals surface area contributed by atoms with Gasteiger partial charge >= 0.3 is 0 Å². The SMILES string of the molecule is Nc1nc(Cl)c2ncn([C@H]3O[C@@H](CO)[C@H](O)[C@@H]3O)c2n1. The Morgan fingerprint density at radius 3 is 2.75 bits per heavy atom. The molecular formula is C10H12ClN5O4. The van der Waals surface area contributed by atoms with Crippen molar-refractivity contribution < 1.29 is 20.1 Å². The number of aliphatic hydroxyl groups is 3. The minimum atomic E-state index is -1.24. The number of hydrogen-bond acceptors (Lipinski definition) is 8. The lowest BCUT2D eigenvalue weighted by Gasteiger charge is -2.16. The lowest BCUT2D eigenvalue weighted by molar-refractivity contribution is -0.0511. The molecule has 1 fully saturated rings. The van der Waals surface area contributed by atoms with E-state index in [1.807, 2.05) is 0 Å². The molecule has 2 aromatic heterocycles. The van der Waals surface area contributed by atoms with Gasteiger partial charge in [0.05, 0.1) is 12.9 Å². The number of anilines is 1. The van der Waals surface area contributed by atoms with Gasteiger partial charge in [-0.2, -0.15) is 9.97 Å². The van der Waals surface area contributed by atoms with E-state index in [4.69, 9.17) is 27.2 Å². The van der Waals surface area contributed by atoms with Gasteiger partial charge in [-0.1, -0.05) is 11.6 Å². The molecule has 3 heterocycles. The zero-order chi connectivity index (χ0) is 14.4. The van der Waals surface area contributed by atoms with E-state index >= 15 is 0 Å². The Morgan fingerprint density at radius 1 is 1.35 bits per heavy atom. The molecule has 1 aliphatic rings. The number of nitrogens with two attached hydrogens (primary N) is 1. The molecule has 0 radical (unpaired) electrons. The van der Waals surface area contributed by atoms with Crippen molar-refractivity contribution in [3.05, 3.63) is 11.5 Å². The number of hydrogen-bond donors (Lipinski definition) is 4. The molecule has 5 N–H and O–H groups in total. The second-order valence-corrected chi connectivity index (χ2v) is 4.78. The van der Waals surface area contributed by atoms with Crippen LogP contribution in [-0.2, 0) is 4.74 Å². The van der Waals surface area contributed by atoms with Gasteiger partial charge in [0.25, 0.3) is 0 Å². The third kappa shape index (κ3) is 1.91. The zero-order valence-electron chi connectivity index (χ0n) is 10.1. The smallest absolute Gasteiger partial charge is 0.223 e. The largest absolute Gasteiger partial charge is 0.394 e. The molecular weight excluding hydrogens is 290 g/mol. The minimum Gasteiger partial charge on any atom is -0.394 e. The Bertz CT molecular complexity index is 650. The molecule has 0 bridgehead atoms. The molecule has 9 nitrogen and oxygen atoms in total. The lowest BCUT2D eigenvalue weighted by Crippen LogP contribution is -2.33. The Balaban J connectivity index is 2.07. The van der Waals surface area contributed by atoms with Crippen LogP contribution in [0.15, 0.2) is 6.33 Å². The van der Waals surface area contributed by atoms with Crippen molar-refractivity contribution in [1.29, 1.82) is 0 Å². The van der Waals surface area contributed by atoms with E-state index in [2.05, 4.69) is 15.0 Å². The van der Waals surface area contributed by atoms with Crippen molar-refractivity contribution >= 4 is 28.7 Å². The first kappa shape index (κ1) is 13.5. The number of rotatable bonds is 2. The van der Waals surface area contributed by atoms with Gasteiger partial charge in [-0.05, 0) is 0 Å². The van der Waals surface area contributed by atoms with Gasteiger partial charge in [0.1, 0.15) is 23.8 Å². The zero-order valence-corrected chi connectivity index (χ0v) is 10.8. The highest BCUT2D eigenvalue weighted by atomic mass is 35.5. The van der Waals surface area contributed by atoms with Crippen molar-refractivity contribution in [3.63, 3.8) is 0 Å². The van der Waals surface area contributed by atoms with E-state index in [0.29, 0.717) is 5.52 Å². The van der Waals surface area contributed by atoms with Crippen LogP contribution in [0, 0.1) is 0 Å². The average Bonchev–Trinajstić information content (AvgIpc) is 2.93. The third-order valence-corrected chi connectivity index (χ3v) is 3.45. The third-order valence-electron chi connectivity index (χ3n) is 3.19. The van der Waals surface area contributed by atoms with E-state index in [0.717, 1.165) is 0 Å². The molecule has 108 valence electrons. The second-order valence-electron chi connectivity index (χ2n) is 4.43. The van der Waals surface area contributed by atoms with Crippen molar-refractivity contribution in [3.8, 4) is 0 Å². The van der Waals surface area contributed by atoms with Gasteiger partial charge in [-0.15, -0.1) is 0 Å². The first-order valence-corrected chi connectivity index (χ1v) is 6.18. The number of imidazole rings is 1. The summed E-state index contributed by atoms with van der Waals surface area (Å²) in [5.74, 6) is -0.0454. The summed E-state index contributed by atoms with van der Waals surface area (Å²) in [4.78, 5) is 11.8. The quantitative estimate of drug-likeness (QED) is 0.500. The second kappa shape index (κ2) is 4.79. The molecule has 0 saturated carbocycles. The highest BCUT2D eigenvalue weighted by molar-refractivity contribution is 6.33. The maximum Gasteiger partial charge on any atom is 0.223 e. The maximum atomic E-state index is 9.99. The summed E-state index contributed by atoms with van der Waals surface area (Å²) in [5, 5.41) is 28.9. The van der Waals surface area contributed by atoms with E-state index in [-0.39, 0.29) is 16.7 Å². The highest BCUT2D eigenvalue weighted by Crippen LogP contribution is 2.32. The molecule has 0 amide bonds. The molecule has 1 saturated heterocycles. The summed E-state index contributed by atoms with van der Waals surface area (Å²) >= 11 is 5.90. The van der Waals surface area contributed by atoms with E-state index in [1.54, 1.807) is 0 Å². The first-order chi connectivity index (χ1) is 9.52. The predicted molar refractivity (Wildman–Crippen MR) is 67.8 cm³/mol. The van der Waals surface area contributed by atoms with Crippen molar-refractivity contribution in [1.82, 2.24) is 19.5 Å². The Morgan fingerprint density at radius 2 is 2.10 bits per heavy atom. The first-order valence-electron chi connectivity index (χ1n) is 5.81. The Hall–Kier alpha value is -1.52. The Kier molecular flexibility index (Phi) is 3.22. The predicted octanol–water partition coefficient (Wildman–Crippen LogP) is -1.33. The fraction of sp³-hybridized carbons (Fsp3) is 0.500. The topological polar surface area (TPSA) is 140 Å². The van der Waals surface area contributed by atoms with Crippen LogP contribution in [0.4, 0.5) is 5.95 Å². The number of aromatic nitrogens is 4. The summed E-state index contributed by atoms with van der Waals surface area (Å²) in [7, 11) is 0. The summed E-state index contributed by atoms with van der Waals surface area (Å²) in [6, 6.07) is 0. The summed E-state index contributed by atoms with van der Waals surface area (Å²) in [5.41, 5.74) is 6.11. The maximum absolute atomic E-state index is 9.99. The van der Waals surface area contributed by atoms with E-state index in [1.165, 1.54) is 10.9 Å². The van der Waals surface area contributed by atoms with Crippen molar-refractivity contribution in [2.45, 2.75) is 24.5 Å². The molecule has 1 aliphatic heterocycles. The molecule has 0 spiro atoms. The number of halogens is 1. The van der Waals surface area contributed by atoms with Crippen LogP contribution in [0.2, 0.25) is 5.15 Å². The summed E-state index contributed by atoms with van der Waals surface area (Å²) < 4.78 is 6.79. The van der Waals surface area contributed by atoms with Crippen LogP contribution in [0.3, 0.4) is 0 Å². The Labute approximate surface area is 117 Å². The van der Waals surface area contributed by atoms with Crippen LogP contribution in [0.1, 0.15) is 6.23 Å². The molecule has 0 unspecified atom stereocenters. The fourth-order valence-electron chi connectivity index (χ4n) is 2.19. The van der Waals surface area contributed by atoms with Gasteiger partial charge in [0.15, 0.2) is 17.0 Å². The van der Waals surface area contributed by atoms with E-state index in [9.17, 15) is 10.2 Å². The van der Waals surface area contributed by atoms with E-state index < -0.39 is 31.1 Å². The average molecular weight is 302 g/mol. The minimum absolute atomic E-state index is 0.0454. The number of aliphatic hydroxyl groups excluding tert-OH is 3. The molecule has 4 atom stereocenters. The summed E-state index contributed by atoms with van der Waals surface area (Å²) in [6.45, 7) is -0.417. The lowest BCUT2D eigenvalue weighted by atomic mass is 10.1. The normalized spacial score (nSPS) is 30.2. The van der Waals surface area contributed by atoms with Gasteiger partial charge in [-0.25, -0.2) is 4.98 Å². The molecule has 2 aromatic rings. The van der Waals surface area contributed by atoms with Crippen LogP contribution in [0.25, 0.3) is 11.2 Å².